The van der Waals surface area contributed by atoms with Gasteiger partial charge in [-0.3, -0.25) is 24.6 Å². The van der Waals surface area contributed by atoms with Crippen molar-refractivity contribution in [3.63, 3.8) is 0 Å². The maximum atomic E-state index is 14.0. The standard InChI is InChI=1S/C37H43N5O5/c1-24(2)19-31(37(46)42-38)40-36(45)33(21-25-9-5-4-6-10-25)41-35(44)32(22-26-14-17-30(47-3)18-15-26)39-34(43)23-27-13-16-28-11-7-8-12-29(28)20-27/h4-18,20,24,31-33H,19,21-23,38H2,1-3H3,(H,39,43)(H,40,45)(H,41,44)(H,42,46)/t31-,32-,33-/m0/s1. The number of ether oxygens (including phenoxy) is 1. The average molecular weight is 638 g/mol. The topological polar surface area (TPSA) is 152 Å². The number of methoxy groups -OCH3 is 1. The second-order valence-corrected chi connectivity index (χ2v) is 12.0. The van der Waals surface area contributed by atoms with Gasteiger partial charge in [-0.15, -0.1) is 0 Å². The molecule has 4 amide bonds. The average Bonchev–Trinajstić information content (AvgIpc) is 3.07. The summed E-state index contributed by atoms with van der Waals surface area (Å²) in [6, 6.07) is 27.2. The van der Waals surface area contributed by atoms with Gasteiger partial charge in [0.05, 0.1) is 13.5 Å². The van der Waals surface area contributed by atoms with Gasteiger partial charge in [0.2, 0.25) is 17.7 Å². The molecule has 0 aromatic heterocycles. The first-order valence-electron chi connectivity index (χ1n) is 15.7. The SMILES string of the molecule is COc1ccc(C[C@H](NC(=O)Cc2ccc3ccccc3c2)C(=O)N[C@@H](Cc2ccccc2)C(=O)N[C@@H](CC(C)C)C(=O)NN)cc1. The Morgan fingerprint density at radius 1 is 0.638 bits per heavy atom. The first-order valence-corrected chi connectivity index (χ1v) is 15.7. The van der Waals surface area contributed by atoms with E-state index >= 15 is 0 Å². The largest absolute Gasteiger partial charge is 0.497 e. The van der Waals surface area contributed by atoms with Crippen molar-refractivity contribution in [1.29, 1.82) is 0 Å². The fourth-order valence-electron chi connectivity index (χ4n) is 5.39. The number of amides is 4. The molecule has 0 radical (unpaired) electrons. The van der Waals surface area contributed by atoms with Crippen LogP contribution >= 0.6 is 0 Å². The Balaban J connectivity index is 1.57. The molecule has 4 aromatic carbocycles. The second-order valence-electron chi connectivity index (χ2n) is 12.0. The molecule has 0 saturated heterocycles. The first-order chi connectivity index (χ1) is 22.6. The monoisotopic (exact) mass is 637 g/mol. The molecule has 0 spiro atoms. The van der Waals surface area contributed by atoms with E-state index in [1.165, 1.54) is 0 Å². The fourth-order valence-corrected chi connectivity index (χ4v) is 5.39. The minimum Gasteiger partial charge on any atom is -0.497 e. The van der Waals surface area contributed by atoms with Gasteiger partial charge in [0.1, 0.15) is 23.9 Å². The molecular weight excluding hydrogens is 594 g/mol. The molecule has 10 nitrogen and oxygen atoms in total. The van der Waals surface area contributed by atoms with Crippen molar-refractivity contribution in [2.75, 3.05) is 7.11 Å². The fraction of sp³-hybridized carbons (Fsp3) is 0.297. The summed E-state index contributed by atoms with van der Waals surface area (Å²) in [7, 11) is 1.57. The van der Waals surface area contributed by atoms with E-state index in [-0.39, 0.29) is 31.1 Å². The van der Waals surface area contributed by atoms with E-state index in [0.717, 1.165) is 27.5 Å². The van der Waals surface area contributed by atoms with Crippen molar-refractivity contribution < 1.29 is 23.9 Å². The number of fused-ring (bicyclic) bond motifs is 1. The van der Waals surface area contributed by atoms with Crippen molar-refractivity contribution in [3.05, 3.63) is 114 Å². The van der Waals surface area contributed by atoms with Gasteiger partial charge in [-0.25, -0.2) is 5.84 Å². The van der Waals surface area contributed by atoms with Crippen molar-refractivity contribution in [2.45, 2.75) is 57.7 Å². The normalized spacial score (nSPS) is 12.9. The van der Waals surface area contributed by atoms with E-state index in [2.05, 4.69) is 21.4 Å². The van der Waals surface area contributed by atoms with Gasteiger partial charge >= 0.3 is 0 Å². The molecule has 246 valence electrons. The summed E-state index contributed by atoms with van der Waals surface area (Å²) in [5, 5.41) is 10.6. The van der Waals surface area contributed by atoms with Crippen LogP contribution in [0, 0.1) is 5.92 Å². The van der Waals surface area contributed by atoms with Crippen LogP contribution in [0.5, 0.6) is 5.75 Å². The molecule has 0 aliphatic heterocycles. The quantitative estimate of drug-likeness (QED) is 0.0766. The molecule has 0 saturated carbocycles. The van der Waals surface area contributed by atoms with Crippen LogP contribution in [0.2, 0.25) is 0 Å². The summed E-state index contributed by atoms with van der Waals surface area (Å²) in [4.78, 5) is 53.5. The summed E-state index contributed by atoms with van der Waals surface area (Å²) < 4.78 is 5.27. The number of rotatable bonds is 15. The number of hydrogen-bond acceptors (Lipinski definition) is 6. The van der Waals surface area contributed by atoms with E-state index in [1.54, 1.807) is 19.2 Å². The van der Waals surface area contributed by atoms with E-state index in [0.29, 0.717) is 12.2 Å². The highest BCUT2D eigenvalue weighted by Gasteiger charge is 2.30. The molecule has 10 heteroatoms. The number of benzene rings is 4. The van der Waals surface area contributed by atoms with Crippen LogP contribution in [-0.4, -0.2) is 48.9 Å². The molecule has 6 N–H and O–H groups in total. The molecule has 4 rings (SSSR count). The number of carbonyl (C=O) groups excluding carboxylic acids is 4. The van der Waals surface area contributed by atoms with Gasteiger partial charge in [-0.05, 0) is 51.9 Å². The minimum atomic E-state index is -1.04. The number of hydrazine groups is 1. The Morgan fingerprint density at radius 3 is 1.81 bits per heavy atom. The molecule has 4 aromatic rings. The smallest absolute Gasteiger partial charge is 0.256 e. The molecule has 0 heterocycles. The third-order valence-corrected chi connectivity index (χ3v) is 7.83. The lowest BCUT2D eigenvalue weighted by Gasteiger charge is -2.26. The van der Waals surface area contributed by atoms with Gasteiger partial charge < -0.3 is 20.7 Å². The zero-order valence-electron chi connectivity index (χ0n) is 27.0. The summed E-state index contributed by atoms with van der Waals surface area (Å²) in [5.41, 5.74) is 4.52. The van der Waals surface area contributed by atoms with Gasteiger partial charge in [0, 0.05) is 12.8 Å². The van der Waals surface area contributed by atoms with Crippen LogP contribution in [0.1, 0.15) is 37.0 Å². The summed E-state index contributed by atoms with van der Waals surface area (Å²) >= 11 is 0. The van der Waals surface area contributed by atoms with E-state index in [1.807, 2.05) is 98.8 Å². The zero-order valence-corrected chi connectivity index (χ0v) is 27.0. The summed E-state index contributed by atoms with van der Waals surface area (Å²) in [5.74, 6) is 4.20. The lowest BCUT2D eigenvalue weighted by atomic mass is 10.00. The molecule has 47 heavy (non-hydrogen) atoms. The Bertz CT molecular complexity index is 1660. The van der Waals surface area contributed by atoms with Crippen LogP contribution in [0.3, 0.4) is 0 Å². The lowest BCUT2D eigenvalue weighted by Crippen LogP contribution is -2.58. The Hall–Kier alpha value is -5.22. The van der Waals surface area contributed by atoms with E-state index < -0.39 is 35.8 Å². The number of nitrogens with two attached hydrogens (primary N) is 1. The number of hydrogen-bond donors (Lipinski definition) is 5. The minimum absolute atomic E-state index is 0.0657. The van der Waals surface area contributed by atoms with Crippen molar-refractivity contribution >= 4 is 34.4 Å². The predicted octanol–water partition coefficient (Wildman–Crippen LogP) is 3.37. The molecule has 0 unspecified atom stereocenters. The Kier molecular flexibility index (Phi) is 12.5. The molecule has 0 fully saturated rings. The Labute approximate surface area is 275 Å². The predicted molar refractivity (Wildman–Crippen MR) is 182 cm³/mol. The van der Waals surface area contributed by atoms with Gasteiger partial charge in [-0.1, -0.05) is 98.8 Å². The number of carbonyl (C=O) groups is 4. The van der Waals surface area contributed by atoms with Gasteiger partial charge in [0.15, 0.2) is 0 Å². The second kappa shape index (κ2) is 16.9. The first kappa shape index (κ1) is 34.6. The van der Waals surface area contributed by atoms with Crippen molar-refractivity contribution in [2.24, 2.45) is 11.8 Å². The zero-order chi connectivity index (χ0) is 33.8. The highest BCUT2D eigenvalue weighted by atomic mass is 16.5. The van der Waals surface area contributed by atoms with Crippen LogP contribution in [0.15, 0.2) is 97.1 Å². The van der Waals surface area contributed by atoms with Crippen LogP contribution < -0.4 is 32.0 Å². The van der Waals surface area contributed by atoms with E-state index in [9.17, 15) is 19.2 Å². The third kappa shape index (κ3) is 10.4. The molecule has 0 aliphatic carbocycles. The van der Waals surface area contributed by atoms with E-state index in [4.69, 9.17) is 10.6 Å². The third-order valence-electron chi connectivity index (χ3n) is 7.83. The van der Waals surface area contributed by atoms with Gasteiger partial charge in [0.25, 0.3) is 5.91 Å². The Morgan fingerprint density at radius 2 is 1.19 bits per heavy atom. The van der Waals surface area contributed by atoms with Crippen LogP contribution in [0.25, 0.3) is 10.8 Å². The van der Waals surface area contributed by atoms with Crippen molar-refractivity contribution in [1.82, 2.24) is 21.4 Å². The molecule has 0 aliphatic rings. The van der Waals surface area contributed by atoms with Crippen LogP contribution in [-0.2, 0) is 38.4 Å². The van der Waals surface area contributed by atoms with Crippen LogP contribution in [0.4, 0.5) is 0 Å². The lowest BCUT2D eigenvalue weighted by molar-refractivity contribution is -0.133. The van der Waals surface area contributed by atoms with Crippen molar-refractivity contribution in [3.8, 4) is 5.75 Å². The maximum absolute atomic E-state index is 14.0. The highest BCUT2D eigenvalue weighted by molar-refractivity contribution is 5.95. The molecule has 3 atom stereocenters. The summed E-state index contributed by atoms with van der Waals surface area (Å²) in [6.45, 7) is 3.85. The molecule has 0 bridgehead atoms. The highest BCUT2D eigenvalue weighted by Crippen LogP contribution is 2.17. The van der Waals surface area contributed by atoms with Gasteiger partial charge in [-0.2, -0.15) is 0 Å². The summed E-state index contributed by atoms with van der Waals surface area (Å²) in [6.07, 6.45) is 0.754. The molecular formula is C37H43N5O5. The number of nitrogens with one attached hydrogen (secondary N) is 4. The maximum Gasteiger partial charge on any atom is 0.256 e.